The van der Waals surface area contributed by atoms with E-state index in [-0.39, 0.29) is 0 Å². The minimum absolute atomic E-state index is 0.432. The number of ether oxygens (including phenoxy) is 1. The molecule has 0 aliphatic carbocycles. The number of benzene rings is 1. The van der Waals surface area contributed by atoms with Gasteiger partial charge in [-0.05, 0) is 48.9 Å². The molecule has 9 heteroatoms. The summed E-state index contributed by atoms with van der Waals surface area (Å²) in [5.74, 6) is 1.55. The van der Waals surface area contributed by atoms with E-state index >= 15 is 0 Å². The van der Waals surface area contributed by atoms with E-state index < -0.39 is 0 Å². The summed E-state index contributed by atoms with van der Waals surface area (Å²) < 4.78 is 7.04. The maximum absolute atomic E-state index is 6.35. The lowest BCUT2D eigenvalue weighted by atomic mass is 10.1. The monoisotopic (exact) mass is 435 g/mol. The van der Waals surface area contributed by atoms with E-state index in [4.69, 9.17) is 22.7 Å². The Hall–Kier alpha value is -3.98. The van der Waals surface area contributed by atoms with Crippen LogP contribution in [0.4, 0.5) is 0 Å². The van der Waals surface area contributed by atoms with Crippen LogP contribution in [-0.4, -0.2) is 49.5 Å². The van der Waals surface area contributed by atoms with Gasteiger partial charge in [-0.1, -0.05) is 18.2 Å². The molecule has 4 aromatic heterocycles. The zero-order valence-corrected chi connectivity index (χ0v) is 18.4. The molecule has 1 N–H and O–H groups in total. The molecule has 0 aliphatic rings. The molecule has 1 aromatic carbocycles. The van der Waals surface area contributed by atoms with E-state index in [2.05, 4.69) is 15.1 Å². The van der Waals surface area contributed by atoms with Gasteiger partial charge in [-0.15, -0.1) is 0 Å². The molecule has 5 aromatic rings. The fraction of sp³-hybridized carbons (Fsp3) is 0.167. The number of H-pyrrole nitrogens is 1. The maximum atomic E-state index is 6.35. The lowest BCUT2D eigenvalue weighted by Gasteiger charge is -2.16. The van der Waals surface area contributed by atoms with Gasteiger partial charge < -0.3 is 14.5 Å². The molecule has 0 atom stereocenters. The van der Waals surface area contributed by atoms with Crippen molar-refractivity contribution >= 4 is 13.6 Å². The van der Waals surface area contributed by atoms with E-state index in [9.17, 15) is 0 Å². The predicted octanol–water partition coefficient (Wildman–Crippen LogP) is 3.58. The van der Waals surface area contributed by atoms with Crippen molar-refractivity contribution in [1.29, 1.82) is 0 Å². The van der Waals surface area contributed by atoms with Crippen molar-refractivity contribution in [3.05, 3.63) is 84.2 Å². The SMILES string of the molecule is [B]N(Cc1cccc(OC)c1)Cc1nc(-c2ccc3ncnn3c2)c(-c2cccc(C)n2)[nH]1. The first-order chi connectivity index (χ1) is 16.1. The molecule has 0 saturated heterocycles. The summed E-state index contributed by atoms with van der Waals surface area (Å²) in [5, 5.41) is 4.25. The van der Waals surface area contributed by atoms with Gasteiger partial charge in [0.1, 0.15) is 17.9 Å². The highest BCUT2D eigenvalue weighted by Crippen LogP contribution is 2.30. The van der Waals surface area contributed by atoms with Gasteiger partial charge in [0.15, 0.2) is 13.6 Å². The maximum Gasteiger partial charge on any atom is 0.183 e. The Morgan fingerprint density at radius 2 is 1.94 bits per heavy atom. The van der Waals surface area contributed by atoms with Crippen LogP contribution in [0, 0.1) is 6.92 Å². The number of imidazole rings is 1. The quantitative estimate of drug-likeness (QED) is 0.394. The molecule has 0 fully saturated rings. The molecular weight excluding hydrogens is 413 g/mol. The van der Waals surface area contributed by atoms with Crippen LogP contribution in [0.5, 0.6) is 5.75 Å². The zero-order valence-electron chi connectivity index (χ0n) is 18.4. The number of aromatic amines is 1. The number of rotatable bonds is 7. The van der Waals surface area contributed by atoms with Gasteiger partial charge in [0, 0.05) is 30.5 Å². The van der Waals surface area contributed by atoms with Crippen molar-refractivity contribution in [2.45, 2.75) is 20.0 Å². The second-order valence-corrected chi connectivity index (χ2v) is 7.81. The molecule has 0 amide bonds. The molecule has 8 nitrogen and oxygen atoms in total. The number of fused-ring (bicyclic) bond motifs is 1. The fourth-order valence-corrected chi connectivity index (χ4v) is 3.78. The average Bonchev–Trinajstić information content (AvgIpc) is 3.45. The van der Waals surface area contributed by atoms with Crippen LogP contribution in [0.3, 0.4) is 0 Å². The number of hydrogen-bond acceptors (Lipinski definition) is 6. The van der Waals surface area contributed by atoms with Gasteiger partial charge >= 0.3 is 0 Å². The fourth-order valence-electron chi connectivity index (χ4n) is 3.78. The molecule has 5 rings (SSSR count). The number of nitrogens with zero attached hydrogens (tertiary/aromatic N) is 6. The van der Waals surface area contributed by atoms with E-state index in [0.29, 0.717) is 13.1 Å². The average molecular weight is 435 g/mol. The number of pyridine rings is 2. The molecule has 162 valence electrons. The number of aryl methyl sites for hydroxylation is 1. The molecular formula is C24H22BN7O. The Labute approximate surface area is 192 Å². The van der Waals surface area contributed by atoms with Gasteiger partial charge in [0.2, 0.25) is 0 Å². The van der Waals surface area contributed by atoms with Crippen LogP contribution in [0.2, 0.25) is 0 Å². The normalized spacial score (nSPS) is 11.4. The first-order valence-corrected chi connectivity index (χ1v) is 10.5. The molecule has 0 aliphatic heterocycles. The Balaban J connectivity index is 1.48. The molecule has 4 heterocycles. The van der Waals surface area contributed by atoms with Crippen LogP contribution in [0.25, 0.3) is 28.3 Å². The van der Waals surface area contributed by atoms with Crippen molar-refractivity contribution < 1.29 is 4.74 Å². The third-order valence-corrected chi connectivity index (χ3v) is 5.32. The minimum Gasteiger partial charge on any atom is -0.497 e. The summed E-state index contributed by atoms with van der Waals surface area (Å²) in [6.07, 6.45) is 3.45. The van der Waals surface area contributed by atoms with E-state index in [1.807, 2.05) is 67.7 Å². The van der Waals surface area contributed by atoms with Gasteiger partial charge in [-0.3, -0.25) is 4.98 Å². The second-order valence-electron chi connectivity index (χ2n) is 7.81. The Morgan fingerprint density at radius 3 is 2.79 bits per heavy atom. The summed E-state index contributed by atoms with van der Waals surface area (Å²) in [6, 6.07) is 17.7. The van der Waals surface area contributed by atoms with Crippen molar-refractivity contribution in [3.63, 3.8) is 0 Å². The highest BCUT2D eigenvalue weighted by Gasteiger charge is 2.17. The van der Waals surface area contributed by atoms with Crippen LogP contribution < -0.4 is 4.74 Å². The number of nitrogens with one attached hydrogen (secondary N) is 1. The van der Waals surface area contributed by atoms with Crippen molar-refractivity contribution in [1.82, 2.24) is 34.4 Å². The number of aromatic nitrogens is 6. The summed E-state index contributed by atoms with van der Waals surface area (Å²) in [5.41, 5.74) is 6.11. The second kappa shape index (κ2) is 8.87. The van der Waals surface area contributed by atoms with Crippen molar-refractivity contribution in [2.24, 2.45) is 0 Å². The van der Waals surface area contributed by atoms with Crippen LogP contribution >= 0.6 is 0 Å². The van der Waals surface area contributed by atoms with E-state index in [0.717, 1.165) is 51.1 Å². The molecule has 0 saturated carbocycles. The third-order valence-electron chi connectivity index (χ3n) is 5.32. The summed E-state index contributed by atoms with van der Waals surface area (Å²) in [7, 11) is 8.00. The van der Waals surface area contributed by atoms with Gasteiger partial charge in [0.05, 0.1) is 24.2 Å². The zero-order chi connectivity index (χ0) is 22.8. The first-order valence-electron chi connectivity index (χ1n) is 10.5. The first kappa shape index (κ1) is 20.9. The standard InChI is InChI=1S/C24H22BN7O/c1-16-5-3-8-20(28-16)24-23(18-9-10-22-26-15-27-32(22)13-18)29-21(30-24)14-31(25)12-17-6-4-7-19(11-17)33-2/h3-11,13,15H,12,14H2,1-2H3,(H,29,30). The Morgan fingerprint density at radius 1 is 1.06 bits per heavy atom. The van der Waals surface area contributed by atoms with Crippen LogP contribution in [-0.2, 0) is 13.1 Å². The Kier molecular flexibility index (Phi) is 5.62. The van der Waals surface area contributed by atoms with Crippen molar-refractivity contribution in [3.8, 4) is 28.4 Å². The largest absolute Gasteiger partial charge is 0.497 e. The lowest BCUT2D eigenvalue weighted by molar-refractivity contribution is 0.409. The molecule has 0 spiro atoms. The van der Waals surface area contributed by atoms with Gasteiger partial charge in [0.25, 0.3) is 0 Å². The molecule has 33 heavy (non-hydrogen) atoms. The lowest BCUT2D eigenvalue weighted by Crippen LogP contribution is -2.19. The molecule has 2 radical (unpaired) electrons. The topological polar surface area (TPSA) is 84.2 Å². The van der Waals surface area contributed by atoms with E-state index in [1.165, 1.54) is 6.33 Å². The highest BCUT2D eigenvalue weighted by molar-refractivity contribution is 6.04. The van der Waals surface area contributed by atoms with Crippen LogP contribution in [0.15, 0.2) is 67.1 Å². The van der Waals surface area contributed by atoms with Crippen molar-refractivity contribution in [2.75, 3.05) is 7.11 Å². The minimum atomic E-state index is 0.432. The van der Waals surface area contributed by atoms with Gasteiger partial charge in [-0.2, -0.15) is 5.10 Å². The highest BCUT2D eigenvalue weighted by atomic mass is 16.5. The number of hydrogen-bond donors (Lipinski definition) is 1. The summed E-state index contributed by atoms with van der Waals surface area (Å²) in [6.45, 7) is 2.95. The van der Waals surface area contributed by atoms with Crippen LogP contribution in [0.1, 0.15) is 17.1 Å². The molecule has 0 bridgehead atoms. The van der Waals surface area contributed by atoms with E-state index in [1.54, 1.807) is 16.4 Å². The predicted molar refractivity (Wildman–Crippen MR) is 127 cm³/mol. The third kappa shape index (κ3) is 4.49. The number of methoxy groups -OCH3 is 1. The molecule has 0 unspecified atom stereocenters. The smallest absolute Gasteiger partial charge is 0.183 e. The Bertz CT molecular complexity index is 1410. The van der Waals surface area contributed by atoms with Gasteiger partial charge in [-0.25, -0.2) is 14.5 Å². The summed E-state index contributed by atoms with van der Waals surface area (Å²) in [4.78, 5) is 19.0. The summed E-state index contributed by atoms with van der Waals surface area (Å²) >= 11 is 0.